The molecular weight excluding hydrogens is 408 g/mol. The Hall–Kier alpha value is -2.91. The molecule has 0 bridgehead atoms. The van der Waals surface area contributed by atoms with Crippen LogP contribution in [0.1, 0.15) is 22.4 Å². The van der Waals surface area contributed by atoms with Gasteiger partial charge in [0.1, 0.15) is 11.4 Å². The summed E-state index contributed by atoms with van der Waals surface area (Å²) in [6.45, 7) is 2.00. The van der Waals surface area contributed by atoms with E-state index in [4.69, 9.17) is 4.98 Å². The number of benzene rings is 3. The molecule has 3 heteroatoms. The van der Waals surface area contributed by atoms with Crippen molar-refractivity contribution in [2.24, 2.45) is 0 Å². The van der Waals surface area contributed by atoms with Crippen LogP contribution in [0.4, 0.5) is 5.82 Å². The highest BCUT2D eigenvalue weighted by molar-refractivity contribution is 9.10. The number of halogens is 1. The Morgan fingerprint density at radius 3 is 1.46 bits per heavy atom. The van der Waals surface area contributed by atoms with Crippen LogP contribution in [-0.2, 0) is 5.54 Å². The van der Waals surface area contributed by atoms with Gasteiger partial charge >= 0.3 is 0 Å². The molecule has 0 amide bonds. The smallest absolute Gasteiger partial charge is 0.127 e. The van der Waals surface area contributed by atoms with Gasteiger partial charge in [-0.05, 0) is 51.7 Å². The van der Waals surface area contributed by atoms with Gasteiger partial charge in [0.25, 0.3) is 0 Å². The van der Waals surface area contributed by atoms with Gasteiger partial charge in [0, 0.05) is 4.47 Å². The Morgan fingerprint density at radius 1 is 0.643 bits per heavy atom. The molecule has 0 radical (unpaired) electrons. The molecule has 1 heterocycles. The molecule has 0 saturated carbocycles. The summed E-state index contributed by atoms with van der Waals surface area (Å²) in [5.41, 5.74) is 3.88. The predicted molar refractivity (Wildman–Crippen MR) is 120 cm³/mol. The number of nitrogens with one attached hydrogen (secondary N) is 1. The van der Waals surface area contributed by atoms with Crippen LogP contribution in [0.25, 0.3) is 0 Å². The number of hydrogen-bond acceptors (Lipinski definition) is 2. The maximum Gasteiger partial charge on any atom is 0.127 e. The normalized spacial score (nSPS) is 11.2. The number of aromatic nitrogens is 1. The minimum Gasteiger partial charge on any atom is -0.353 e. The van der Waals surface area contributed by atoms with Crippen molar-refractivity contribution in [3.05, 3.63) is 130 Å². The Labute approximate surface area is 174 Å². The highest BCUT2D eigenvalue weighted by atomic mass is 79.9. The van der Waals surface area contributed by atoms with Crippen LogP contribution in [0.15, 0.2) is 108 Å². The summed E-state index contributed by atoms with van der Waals surface area (Å²) < 4.78 is 1.00. The van der Waals surface area contributed by atoms with Gasteiger partial charge in [-0.15, -0.1) is 0 Å². The third-order valence-electron chi connectivity index (χ3n) is 4.96. The Bertz CT molecular complexity index is 951. The molecule has 0 fully saturated rings. The van der Waals surface area contributed by atoms with Crippen LogP contribution in [0.2, 0.25) is 0 Å². The molecule has 0 saturated heterocycles. The lowest BCUT2D eigenvalue weighted by Gasteiger charge is -2.37. The lowest BCUT2D eigenvalue weighted by molar-refractivity contribution is 0.706. The van der Waals surface area contributed by atoms with Crippen molar-refractivity contribution < 1.29 is 0 Å². The van der Waals surface area contributed by atoms with Gasteiger partial charge in [0.05, 0.1) is 5.69 Å². The lowest BCUT2D eigenvalue weighted by atomic mass is 9.77. The summed E-state index contributed by atoms with van der Waals surface area (Å²) >= 11 is 3.55. The average Bonchev–Trinajstić information content (AvgIpc) is 2.76. The summed E-state index contributed by atoms with van der Waals surface area (Å²) in [6, 6.07) is 35.7. The molecule has 138 valence electrons. The molecule has 1 aromatic heterocycles. The summed E-state index contributed by atoms with van der Waals surface area (Å²) in [5.74, 6) is 0.831. The van der Waals surface area contributed by atoms with Crippen LogP contribution >= 0.6 is 15.9 Å². The Balaban J connectivity index is 1.99. The monoisotopic (exact) mass is 428 g/mol. The molecule has 1 N–H and O–H groups in total. The van der Waals surface area contributed by atoms with E-state index in [2.05, 4.69) is 94.0 Å². The van der Waals surface area contributed by atoms with Crippen molar-refractivity contribution in [1.29, 1.82) is 0 Å². The maximum atomic E-state index is 4.78. The number of rotatable bonds is 5. The minimum absolute atomic E-state index is 0.558. The third kappa shape index (κ3) is 3.46. The van der Waals surface area contributed by atoms with Gasteiger partial charge in [-0.2, -0.15) is 0 Å². The number of pyridine rings is 1. The van der Waals surface area contributed by atoms with Gasteiger partial charge in [-0.25, -0.2) is 4.98 Å². The fraction of sp³-hybridized carbons (Fsp3) is 0.0800. The molecule has 28 heavy (non-hydrogen) atoms. The van der Waals surface area contributed by atoms with E-state index in [1.807, 2.05) is 37.3 Å². The zero-order valence-corrected chi connectivity index (χ0v) is 17.2. The molecule has 2 nitrogen and oxygen atoms in total. The van der Waals surface area contributed by atoms with E-state index in [-0.39, 0.29) is 0 Å². The molecule has 0 spiro atoms. The first-order valence-corrected chi connectivity index (χ1v) is 10.1. The fourth-order valence-electron chi connectivity index (χ4n) is 3.59. The van der Waals surface area contributed by atoms with Gasteiger partial charge in [-0.3, -0.25) is 0 Å². The Morgan fingerprint density at radius 2 is 1.07 bits per heavy atom. The standard InChI is InChI=1S/C25H21BrN2/c1-19-23(26)17-18-24(27-19)28-25(20-11-5-2-6-12-20,21-13-7-3-8-14-21)22-15-9-4-10-16-22/h2-18H,1H3,(H,27,28). The summed E-state index contributed by atoms with van der Waals surface area (Å²) in [6.07, 6.45) is 0. The second-order valence-electron chi connectivity index (χ2n) is 6.74. The van der Waals surface area contributed by atoms with Crippen molar-refractivity contribution in [2.75, 3.05) is 5.32 Å². The molecule has 0 atom stereocenters. The first-order valence-electron chi connectivity index (χ1n) is 9.28. The van der Waals surface area contributed by atoms with E-state index in [0.717, 1.165) is 32.7 Å². The largest absolute Gasteiger partial charge is 0.353 e. The van der Waals surface area contributed by atoms with Gasteiger partial charge < -0.3 is 5.32 Å². The van der Waals surface area contributed by atoms with Crippen molar-refractivity contribution in [3.8, 4) is 0 Å². The second-order valence-corrected chi connectivity index (χ2v) is 7.59. The SMILES string of the molecule is Cc1nc(NC(c2ccccc2)(c2ccccc2)c2ccccc2)ccc1Br. The molecular formula is C25H21BrN2. The van der Waals surface area contributed by atoms with E-state index in [0.29, 0.717) is 0 Å². The number of hydrogen-bond donors (Lipinski definition) is 1. The van der Waals surface area contributed by atoms with Crippen LogP contribution in [0.3, 0.4) is 0 Å². The van der Waals surface area contributed by atoms with Gasteiger partial charge in [0.15, 0.2) is 0 Å². The summed E-state index contributed by atoms with van der Waals surface area (Å²) in [7, 11) is 0. The van der Waals surface area contributed by atoms with Crippen molar-refractivity contribution in [3.63, 3.8) is 0 Å². The predicted octanol–water partition coefficient (Wildman–Crippen LogP) is 6.56. The summed E-state index contributed by atoms with van der Waals surface area (Å²) in [4.78, 5) is 4.78. The van der Waals surface area contributed by atoms with Crippen LogP contribution in [0.5, 0.6) is 0 Å². The molecule has 0 aliphatic carbocycles. The Kier molecular flexibility index (Phi) is 5.27. The minimum atomic E-state index is -0.558. The van der Waals surface area contributed by atoms with E-state index < -0.39 is 5.54 Å². The maximum absolute atomic E-state index is 4.78. The fourth-order valence-corrected chi connectivity index (χ4v) is 3.81. The van der Waals surface area contributed by atoms with Crippen molar-refractivity contribution in [2.45, 2.75) is 12.5 Å². The number of anilines is 1. The number of aryl methyl sites for hydroxylation is 1. The average molecular weight is 429 g/mol. The molecule has 0 aliphatic heterocycles. The lowest BCUT2D eigenvalue weighted by Crippen LogP contribution is -2.38. The first-order chi connectivity index (χ1) is 13.7. The zero-order valence-electron chi connectivity index (χ0n) is 15.6. The van der Waals surface area contributed by atoms with E-state index >= 15 is 0 Å². The molecule has 3 aromatic carbocycles. The van der Waals surface area contributed by atoms with Crippen molar-refractivity contribution in [1.82, 2.24) is 4.98 Å². The molecule has 0 aliphatic rings. The highest BCUT2D eigenvalue weighted by Gasteiger charge is 2.36. The van der Waals surface area contributed by atoms with E-state index in [1.54, 1.807) is 0 Å². The molecule has 0 unspecified atom stereocenters. The van der Waals surface area contributed by atoms with Crippen molar-refractivity contribution >= 4 is 21.7 Å². The van der Waals surface area contributed by atoms with Gasteiger partial charge in [-0.1, -0.05) is 91.0 Å². The van der Waals surface area contributed by atoms with Crippen LogP contribution < -0.4 is 5.32 Å². The summed E-state index contributed by atoms with van der Waals surface area (Å²) in [5, 5.41) is 3.78. The first kappa shape index (κ1) is 18.5. The molecule has 4 rings (SSSR count). The number of nitrogens with zero attached hydrogens (tertiary/aromatic N) is 1. The van der Waals surface area contributed by atoms with E-state index in [1.165, 1.54) is 0 Å². The highest BCUT2D eigenvalue weighted by Crippen LogP contribution is 2.39. The second kappa shape index (κ2) is 7.99. The topological polar surface area (TPSA) is 24.9 Å². The van der Waals surface area contributed by atoms with E-state index in [9.17, 15) is 0 Å². The zero-order chi connectivity index (χ0) is 19.4. The van der Waals surface area contributed by atoms with Crippen LogP contribution in [0, 0.1) is 6.92 Å². The van der Waals surface area contributed by atoms with Gasteiger partial charge in [0.2, 0.25) is 0 Å². The quantitative estimate of drug-likeness (QED) is 0.364. The third-order valence-corrected chi connectivity index (χ3v) is 5.80. The van der Waals surface area contributed by atoms with Crippen LogP contribution in [-0.4, -0.2) is 4.98 Å². The molecule has 4 aromatic rings.